The lowest BCUT2D eigenvalue weighted by molar-refractivity contribution is 0.0149. The summed E-state index contributed by atoms with van der Waals surface area (Å²) in [6.07, 6.45) is 3.68. The molecule has 0 spiro atoms. The Balaban J connectivity index is 1.44. The molecule has 0 radical (unpaired) electrons. The van der Waals surface area contributed by atoms with Crippen LogP contribution in [0, 0.1) is 11.8 Å². The normalized spacial score (nSPS) is 32.3. The number of hydrogen-bond donors (Lipinski definition) is 0. The van der Waals surface area contributed by atoms with Crippen molar-refractivity contribution in [1.82, 2.24) is 4.90 Å². The molecular weight excluding hydrogens is 298 g/mol. The van der Waals surface area contributed by atoms with Crippen molar-refractivity contribution in [3.63, 3.8) is 0 Å². The first kappa shape index (κ1) is 14.0. The minimum atomic E-state index is 0.429. The third kappa shape index (κ3) is 2.32. The number of fused-ring (bicyclic) bond motifs is 2. The number of thiophene rings is 1. The van der Waals surface area contributed by atoms with Crippen molar-refractivity contribution in [3.8, 4) is 0 Å². The zero-order chi connectivity index (χ0) is 14.4. The fraction of sp³-hybridized carbons (Fsp3) is 0.556. The van der Waals surface area contributed by atoms with Gasteiger partial charge >= 0.3 is 0 Å². The van der Waals surface area contributed by atoms with Crippen LogP contribution in [0.2, 0.25) is 0 Å². The highest BCUT2D eigenvalue weighted by Gasteiger charge is 2.51. The molecule has 2 aliphatic rings. The molecule has 2 heterocycles. The Bertz CT molecular complexity index is 637. The van der Waals surface area contributed by atoms with Crippen LogP contribution in [0.5, 0.6) is 0 Å². The predicted molar refractivity (Wildman–Crippen MR) is 92.4 cm³/mol. The highest BCUT2D eigenvalue weighted by Crippen LogP contribution is 2.46. The van der Waals surface area contributed by atoms with Crippen LogP contribution in [-0.4, -0.2) is 29.4 Å². The second kappa shape index (κ2) is 5.57. The Morgan fingerprint density at radius 2 is 2.19 bits per heavy atom. The Hall–Kier alpha value is -0.570. The van der Waals surface area contributed by atoms with Crippen molar-refractivity contribution in [2.75, 3.05) is 13.1 Å². The monoisotopic (exact) mass is 319 g/mol. The summed E-state index contributed by atoms with van der Waals surface area (Å²) in [5, 5.41) is 4.23. The maximum Gasteiger partial charge on any atom is 0.0394 e. The molecule has 1 saturated heterocycles. The van der Waals surface area contributed by atoms with E-state index in [1.165, 1.54) is 48.0 Å². The minimum absolute atomic E-state index is 0.429. The van der Waals surface area contributed by atoms with E-state index in [0.717, 1.165) is 17.9 Å². The maximum atomic E-state index is 6.50. The van der Waals surface area contributed by atoms with Crippen LogP contribution in [0.25, 0.3) is 10.1 Å². The highest BCUT2D eigenvalue weighted by atomic mass is 35.5. The molecule has 0 bridgehead atoms. The van der Waals surface area contributed by atoms with Gasteiger partial charge in [-0.05, 0) is 41.2 Å². The average Bonchev–Trinajstić information content (AvgIpc) is 2.99. The van der Waals surface area contributed by atoms with Crippen LogP contribution in [0.3, 0.4) is 0 Å². The summed E-state index contributed by atoms with van der Waals surface area (Å²) in [4.78, 5) is 2.69. The van der Waals surface area contributed by atoms with Crippen LogP contribution in [0.1, 0.15) is 25.3 Å². The lowest BCUT2D eigenvalue weighted by atomic mass is 9.85. The van der Waals surface area contributed by atoms with Crippen LogP contribution in [0.4, 0.5) is 0 Å². The van der Waals surface area contributed by atoms with E-state index in [2.05, 4.69) is 41.5 Å². The fourth-order valence-electron chi connectivity index (χ4n) is 4.35. The number of halogens is 1. The Morgan fingerprint density at radius 3 is 3.05 bits per heavy atom. The zero-order valence-electron chi connectivity index (χ0n) is 12.5. The average molecular weight is 320 g/mol. The molecule has 112 valence electrons. The number of rotatable bonds is 4. The highest BCUT2D eigenvalue weighted by molar-refractivity contribution is 7.17. The quantitative estimate of drug-likeness (QED) is 0.733. The summed E-state index contributed by atoms with van der Waals surface area (Å²) in [7, 11) is 0. The third-order valence-corrected chi connectivity index (χ3v) is 7.05. The van der Waals surface area contributed by atoms with Crippen molar-refractivity contribution >= 4 is 33.0 Å². The van der Waals surface area contributed by atoms with Gasteiger partial charge in [0.2, 0.25) is 0 Å². The van der Waals surface area contributed by atoms with Crippen LogP contribution >= 0.6 is 22.9 Å². The van der Waals surface area contributed by atoms with E-state index in [0.29, 0.717) is 5.38 Å². The first-order valence-corrected chi connectivity index (χ1v) is 9.42. The van der Waals surface area contributed by atoms with Gasteiger partial charge in [0.15, 0.2) is 0 Å². The molecule has 1 aromatic carbocycles. The van der Waals surface area contributed by atoms with Gasteiger partial charge in [0.05, 0.1) is 0 Å². The van der Waals surface area contributed by atoms with Crippen molar-refractivity contribution in [2.45, 2.75) is 37.6 Å². The molecule has 2 aromatic rings. The first-order valence-electron chi connectivity index (χ1n) is 8.11. The van der Waals surface area contributed by atoms with Crippen LogP contribution in [-0.2, 0) is 6.42 Å². The zero-order valence-corrected chi connectivity index (χ0v) is 14.0. The van der Waals surface area contributed by atoms with Crippen LogP contribution in [0.15, 0.2) is 29.6 Å². The fourth-order valence-corrected chi connectivity index (χ4v) is 5.81. The summed E-state index contributed by atoms with van der Waals surface area (Å²) in [5.41, 5.74) is 1.52. The summed E-state index contributed by atoms with van der Waals surface area (Å²) >= 11 is 8.38. The summed E-state index contributed by atoms with van der Waals surface area (Å²) in [6.45, 7) is 4.74. The molecule has 3 heteroatoms. The van der Waals surface area contributed by atoms with E-state index < -0.39 is 0 Å². The van der Waals surface area contributed by atoms with E-state index >= 15 is 0 Å². The molecule has 4 unspecified atom stereocenters. The predicted octanol–water partition coefficient (Wildman–Crippen LogP) is 4.78. The van der Waals surface area contributed by atoms with Gasteiger partial charge in [0, 0.05) is 35.1 Å². The molecule has 21 heavy (non-hydrogen) atoms. The number of hydrogen-bond acceptors (Lipinski definition) is 2. The molecule has 1 aliphatic carbocycles. The number of likely N-dealkylation sites (tertiary alicyclic amines) is 1. The van der Waals surface area contributed by atoms with E-state index in [-0.39, 0.29) is 0 Å². The van der Waals surface area contributed by atoms with Gasteiger partial charge < -0.3 is 0 Å². The van der Waals surface area contributed by atoms with Gasteiger partial charge in [-0.3, -0.25) is 4.90 Å². The summed E-state index contributed by atoms with van der Waals surface area (Å²) in [6, 6.07) is 9.54. The SMILES string of the molecule is CCC1CC(Cl)C2CN(CCc3csc4ccccc34)C12. The molecular formula is C18H22ClNS. The number of alkyl halides is 1. The summed E-state index contributed by atoms with van der Waals surface area (Å²) < 4.78 is 1.42. The van der Waals surface area contributed by atoms with Crippen molar-refractivity contribution in [3.05, 3.63) is 35.2 Å². The first-order chi connectivity index (χ1) is 10.3. The largest absolute Gasteiger partial charge is 0.299 e. The van der Waals surface area contributed by atoms with Crippen molar-refractivity contribution in [2.24, 2.45) is 11.8 Å². The Kier molecular flexibility index (Phi) is 3.72. The van der Waals surface area contributed by atoms with Gasteiger partial charge in [0.1, 0.15) is 0 Å². The van der Waals surface area contributed by atoms with E-state index in [1.54, 1.807) is 0 Å². The Morgan fingerprint density at radius 1 is 1.33 bits per heavy atom. The number of nitrogens with zero attached hydrogens (tertiary/aromatic N) is 1. The van der Waals surface area contributed by atoms with Gasteiger partial charge in [-0.2, -0.15) is 0 Å². The van der Waals surface area contributed by atoms with Gasteiger partial charge in [0.25, 0.3) is 0 Å². The minimum Gasteiger partial charge on any atom is -0.299 e. The molecule has 1 nitrogen and oxygen atoms in total. The van der Waals surface area contributed by atoms with E-state index in [9.17, 15) is 0 Å². The Labute approximate surface area is 135 Å². The second-order valence-corrected chi connectivity index (χ2v) is 8.05. The maximum absolute atomic E-state index is 6.50. The molecule has 4 atom stereocenters. The lowest BCUT2D eigenvalue weighted by Crippen LogP contribution is -2.57. The summed E-state index contributed by atoms with van der Waals surface area (Å²) in [5.74, 6) is 1.58. The van der Waals surface area contributed by atoms with E-state index in [4.69, 9.17) is 11.6 Å². The smallest absolute Gasteiger partial charge is 0.0394 e. The molecule has 0 N–H and O–H groups in total. The molecule has 4 rings (SSSR count). The standard InChI is InChI=1S/C18H22ClNS/c1-2-12-9-16(19)15-10-20(18(12)15)8-7-13-11-21-17-6-4-3-5-14(13)17/h3-6,11-12,15-16,18H,2,7-10H2,1H3. The van der Waals surface area contributed by atoms with E-state index in [1.807, 2.05) is 11.3 Å². The second-order valence-electron chi connectivity index (χ2n) is 6.58. The lowest BCUT2D eigenvalue weighted by Gasteiger charge is -2.47. The molecule has 2 fully saturated rings. The van der Waals surface area contributed by atoms with Gasteiger partial charge in [-0.15, -0.1) is 22.9 Å². The van der Waals surface area contributed by atoms with Crippen molar-refractivity contribution in [1.29, 1.82) is 0 Å². The molecule has 1 aromatic heterocycles. The number of benzene rings is 1. The molecule has 1 aliphatic heterocycles. The third-order valence-electron chi connectivity index (χ3n) is 5.54. The topological polar surface area (TPSA) is 3.24 Å². The van der Waals surface area contributed by atoms with Gasteiger partial charge in [-0.25, -0.2) is 0 Å². The molecule has 0 amide bonds. The van der Waals surface area contributed by atoms with Gasteiger partial charge in [-0.1, -0.05) is 31.5 Å². The van der Waals surface area contributed by atoms with Crippen LogP contribution < -0.4 is 0 Å². The van der Waals surface area contributed by atoms with Crippen molar-refractivity contribution < 1.29 is 0 Å². The molecule has 1 saturated carbocycles.